The van der Waals surface area contributed by atoms with E-state index in [1.165, 1.54) is 5.57 Å². The molecule has 0 aromatic heterocycles. The molecular weight excluding hydrogens is 190 g/mol. The van der Waals surface area contributed by atoms with Crippen LogP contribution in [-0.2, 0) is 4.79 Å². The fourth-order valence-corrected chi connectivity index (χ4v) is 1.63. The summed E-state index contributed by atoms with van der Waals surface area (Å²) in [6.07, 6.45) is 8.52. The van der Waals surface area contributed by atoms with Gasteiger partial charge in [-0.2, -0.15) is 0 Å². The minimum atomic E-state index is -0.778. The third kappa shape index (κ3) is 3.06. The van der Waals surface area contributed by atoms with Crippen LogP contribution in [0.25, 0.3) is 0 Å². The Morgan fingerprint density at radius 1 is 1.47 bits per heavy atom. The Labute approximate surface area is 90.2 Å². The third-order valence-corrected chi connectivity index (χ3v) is 2.51. The smallest absolute Gasteiger partial charge is 0.321 e. The number of nitrogens with one attached hydrogen (secondary N) is 1. The van der Waals surface area contributed by atoms with Crippen molar-refractivity contribution in [2.45, 2.75) is 26.3 Å². The molecule has 2 N–H and O–H groups in total. The zero-order valence-corrected chi connectivity index (χ0v) is 9.16. The van der Waals surface area contributed by atoms with Crippen LogP contribution in [0, 0.1) is 0 Å². The van der Waals surface area contributed by atoms with Crippen molar-refractivity contribution in [1.82, 2.24) is 5.32 Å². The lowest BCUT2D eigenvalue weighted by Crippen LogP contribution is -2.42. The largest absolute Gasteiger partial charge is 0.480 e. The average Bonchev–Trinajstić information content (AvgIpc) is 2.25. The summed E-state index contributed by atoms with van der Waals surface area (Å²) in [5.41, 5.74) is 2.30. The number of allylic oxidation sites excluding steroid dienone is 4. The van der Waals surface area contributed by atoms with Gasteiger partial charge in [0.25, 0.3) is 0 Å². The van der Waals surface area contributed by atoms with Gasteiger partial charge in [-0.25, -0.2) is 0 Å². The molecule has 0 saturated carbocycles. The maximum atomic E-state index is 10.8. The van der Waals surface area contributed by atoms with Gasteiger partial charge in [0.05, 0.1) is 0 Å². The van der Waals surface area contributed by atoms with Gasteiger partial charge in [0.2, 0.25) is 0 Å². The summed E-state index contributed by atoms with van der Waals surface area (Å²) in [6.45, 7) is 4.53. The van der Waals surface area contributed by atoms with Crippen LogP contribution >= 0.6 is 0 Å². The van der Waals surface area contributed by atoms with E-state index in [4.69, 9.17) is 5.11 Å². The zero-order valence-electron chi connectivity index (χ0n) is 9.16. The molecule has 15 heavy (non-hydrogen) atoms. The molecule has 3 nitrogen and oxygen atoms in total. The van der Waals surface area contributed by atoms with Gasteiger partial charge in [-0.1, -0.05) is 24.3 Å². The molecule has 0 aliphatic carbocycles. The van der Waals surface area contributed by atoms with Gasteiger partial charge in [0.1, 0.15) is 6.04 Å². The van der Waals surface area contributed by atoms with E-state index in [1.54, 1.807) is 0 Å². The number of carboxylic acid groups (broad SMARTS) is 1. The van der Waals surface area contributed by atoms with Crippen LogP contribution in [0.3, 0.4) is 0 Å². The summed E-state index contributed by atoms with van der Waals surface area (Å²) in [5, 5.41) is 11.9. The van der Waals surface area contributed by atoms with E-state index >= 15 is 0 Å². The first-order valence-corrected chi connectivity index (χ1v) is 5.12. The summed E-state index contributed by atoms with van der Waals surface area (Å²) >= 11 is 0. The molecule has 0 amide bonds. The topological polar surface area (TPSA) is 49.3 Å². The van der Waals surface area contributed by atoms with E-state index in [0.717, 1.165) is 5.57 Å². The molecule has 1 heterocycles. The van der Waals surface area contributed by atoms with E-state index in [9.17, 15) is 4.79 Å². The summed E-state index contributed by atoms with van der Waals surface area (Å²) in [5.74, 6) is -0.778. The molecule has 0 bridgehead atoms. The van der Waals surface area contributed by atoms with Crippen LogP contribution in [0.15, 0.2) is 35.5 Å². The van der Waals surface area contributed by atoms with Crippen LogP contribution in [0.4, 0.5) is 0 Å². The van der Waals surface area contributed by atoms with Gasteiger partial charge in [0, 0.05) is 6.54 Å². The maximum Gasteiger partial charge on any atom is 0.321 e. The predicted molar refractivity (Wildman–Crippen MR) is 60.7 cm³/mol. The van der Waals surface area contributed by atoms with E-state index < -0.39 is 12.0 Å². The summed E-state index contributed by atoms with van der Waals surface area (Å²) in [6, 6.07) is -0.445. The normalized spacial score (nSPS) is 27.7. The second kappa shape index (κ2) is 5.51. The average molecular weight is 207 g/mol. The van der Waals surface area contributed by atoms with E-state index in [0.29, 0.717) is 13.0 Å². The number of hydrogen-bond acceptors (Lipinski definition) is 2. The van der Waals surface area contributed by atoms with Gasteiger partial charge in [-0.05, 0) is 31.4 Å². The van der Waals surface area contributed by atoms with Gasteiger partial charge in [-0.3, -0.25) is 4.79 Å². The number of aliphatic carboxylic acids is 1. The predicted octanol–water partition coefficient (Wildman–Crippen LogP) is 1.88. The standard InChI is InChI=1S/C12H17NO2/c1-3-5-6-10-8-13-11(12(14)15)7-9(10)4-2/h3-6,11,13H,7-8H2,1-2H3,(H,14,15)/b5-3-,9-4-,10-6-. The first kappa shape index (κ1) is 11.7. The quantitative estimate of drug-likeness (QED) is 0.727. The lowest BCUT2D eigenvalue weighted by Gasteiger charge is -2.25. The number of piperidine rings is 1. The van der Waals surface area contributed by atoms with Crippen molar-refractivity contribution in [3.8, 4) is 0 Å². The molecule has 0 aromatic rings. The van der Waals surface area contributed by atoms with Gasteiger partial charge >= 0.3 is 5.97 Å². The SMILES string of the molecule is C\C=C/C=C1/CNC(C(=O)O)C/C1=C/C. The van der Waals surface area contributed by atoms with Crippen LogP contribution in [0.1, 0.15) is 20.3 Å². The molecule has 1 unspecified atom stereocenters. The molecule has 1 aliphatic rings. The number of hydrogen-bond donors (Lipinski definition) is 2. The minimum Gasteiger partial charge on any atom is -0.480 e. The van der Waals surface area contributed by atoms with Gasteiger partial charge < -0.3 is 10.4 Å². The van der Waals surface area contributed by atoms with Crippen LogP contribution in [0.2, 0.25) is 0 Å². The fourth-order valence-electron chi connectivity index (χ4n) is 1.63. The van der Waals surface area contributed by atoms with E-state index in [1.807, 2.05) is 38.2 Å². The molecule has 0 aromatic carbocycles. The third-order valence-electron chi connectivity index (χ3n) is 2.51. The van der Waals surface area contributed by atoms with Crippen LogP contribution in [0.5, 0.6) is 0 Å². The molecule has 82 valence electrons. The number of carbonyl (C=O) groups is 1. The van der Waals surface area contributed by atoms with Crippen molar-refractivity contribution < 1.29 is 9.90 Å². The first-order valence-electron chi connectivity index (χ1n) is 5.12. The molecule has 1 fully saturated rings. The van der Waals surface area contributed by atoms with Crippen LogP contribution < -0.4 is 5.32 Å². The molecule has 0 spiro atoms. The molecule has 1 atom stereocenters. The highest BCUT2D eigenvalue weighted by Gasteiger charge is 2.24. The second-order valence-electron chi connectivity index (χ2n) is 3.51. The molecule has 1 rings (SSSR count). The summed E-state index contributed by atoms with van der Waals surface area (Å²) in [4.78, 5) is 10.8. The Morgan fingerprint density at radius 2 is 2.20 bits per heavy atom. The molecule has 1 saturated heterocycles. The monoisotopic (exact) mass is 207 g/mol. The molecular formula is C12H17NO2. The second-order valence-corrected chi connectivity index (χ2v) is 3.51. The minimum absolute atomic E-state index is 0.445. The molecule has 0 radical (unpaired) electrons. The highest BCUT2D eigenvalue weighted by atomic mass is 16.4. The van der Waals surface area contributed by atoms with Gasteiger partial charge in [0.15, 0.2) is 0 Å². The highest BCUT2D eigenvalue weighted by molar-refractivity contribution is 5.74. The fraction of sp³-hybridized carbons (Fsp3) is 0.417. The van der Waals surface area contributed by atoms with E-state index in [2.05, 4.69) is 5.32 Å². The Morgan fingerprint density at radius 3 is 2.73 bits per heavy atom. The van der Waals surface area contributed by atoms with Crippen molar-refractivity contribution in [3.05, 3.63) is 35.5 Å². The molecule has 1 aliphatic heterocycles. The Hall–Kier alpha value is -1.35. The lowest BCUT2D eigenvalue weighted by atomic mass is 9.93. The van der Waals surface area contributed by atoms with Gasteiger partial charge in [-0.15, -0.1) is 0 Å². The molecule has 3 heteroatoms. The van der Waals surface area contributed by atoms with E-state index in [-0.39, 0.29) is 0 Å². The lowest BCUT2D eigenvalue weighted by molar-refractivity contribution is -0.139. The maximum absolute atomic E-state index is 10.8. The first-order chi connectivity index (χ1) is 7.19. The van der Waals surface area contributed by atoms with Crippen molar-refractivity contribution in [3.63, 3.8) is 0 Å². The van der Waals surface area contributed by atoms with Crippen molar-refractivity contribution in [2.75, 3.05) is 6.54 Å². The number of rotatable bonds is 2. The summed E-state index contributed by atoms with van der Waals surface area (Å²) < 4.78 is 0. The van der Waals surface area contributed by atoms with Crippen molar-refractivity contribution in [1.29, 1.82) is 0 Å². The Kier molecular flexibility index (Phi) is 4.31. The van der Waals surface area contributed by atoms with Crippen molar-refractivity contribution in [2.24, 2.45) is 0 Å². The van der Waals surface area contributed by atoms with Crippen LogP contribution in [-0.4, -0.2) is 23.7 Å². The Bertz CT molecular complexity index is 327. The van der Waals surface area contributed by atoms with Crippen molar-refractivity contribution >= 4 is 5.97 Å². The zero-order chi connectivity index (χ0) is 11.3. The summed E-state index contributed by atoms with van der Waals surface area (Å²) in [7, 11) is 0. The number of carboxylic acids is 1. The highest BCUT2D eigenvalue weighted by Crippen LogP contribution is 2.20. The Balaban J connectivity index is 2.78.